The van der Waals surface area contributed by atoms with Crippen LogP contribution in [0.3, 0.4) is 0 Å². The van der Waals surface area contributed by atoms with Crippen molar-refractivity contribution in [2.75, 3.05) is 7.11 Å². The minimum Gasteiger partial charge on any atom is -0.479 e. The third kappa shape index (κ3) is 4.61. The summed E-state index contributed by atoms with van der Waals surface area (Å²) in [7, 11) is 1.46. The van der Waals surface area contributed by atoms with Crippen molar-refractivity contribution in [2.45, 2.75) is 58.0 Å². The first kappa shape index (κ1) is 13.4. The molecule has 1 N–H and O–H groups in total. The van der Waals surface area contributed by atoms with Crippen molar-refractivity contribution in [1.29, 1.82) is 0 Å². The fourth-order valence-electron chi connectivity index (χ4n) is 1.36. The van der Waals surface area contributed by atoms with Crippen molar-refractivity contribution in [3.63, 3.8) is 0 Å². The number of rotatable bonds is 8. The predicted molar refractivity (Wildman–Crippen MR) is 56.4 cm³/mol. The fraction of sp³-hybridized carbons (Fsp3) is 0.909. The zero-order valence-electron chi connectivity index (χ0n) is 9.51. The summed E-state index contributed by atoms with van der Waals surface area (Å²) in [6, 6.07) is 0. The van der Waals surface area contributed by atoms with Crippen LogP contribution in [-0.2, 0) is 9.53 Å². The molecule has 0 saturated heterocycles. The largest absolute Gasteiger partial charge is 0.479 e. The molecule has 84 valence electrons. The normalized spacial score (nSPS) is 15.1. The van der Waals surface area contributed by atoms with Gasteiger partial charge in [0.15, 0.2) is 5.60 Å². The SMILES string of the molecule is CCCCCCCC(C)(OC)C(=O)O. The lowest BCUT2D eigenvalue weighted by molar-refractivity contribution is -0.161. The molecule has 0 aromatic heterocycles. The number of carboxylic acid groups (broad SMARTS) is 1. The molecule has 0 aliphatic rings. The lowest BCUT2D eigenvalue weighted by Crippen LogP contribution is -2.37. The third-order valence-electron chi connectivity index (χ3n) is 2.66. The summed E-state index contributed by atoms with van der Waals surface area (Å²) in [5.41, 5.74) is -0.994. The Bertz CT molecular complexity index is 168. The molecule has 0 aromatic rings. The van der Waals surface area contributed by atoms with Crippen LogP contribution in [0.4, 0.5) is 0 Å². The molecular formula is C11H22O3. The van der Waals surface area contributed by atoms with Crippen LogP contribution in [0.25, 0.3) is 0 Å². The zero-order chi connectivity index (χ0) is 11.0. The molecule has 0 aliphatic heterocycles. The van der Waals surface area contributed by atoms with Gasteiger partial charge in [0.25, 0.3) is 0 Å². The van der Waals surface area contributed by atoms with Gasteiger partial charge < -0.3 is 9.84 Å². The van der Waals surface area contributed by atoms with E-state index in [4.69, 9.17) is 9.84 Å². The maximum absolute atomic E-state index is 10.8. The summed E-state index contributed by atoms with van der Waals surface area (Å²) in [6.07, 6.45) is 6.26. The molecule has 0 radical (unpaired) electrons. The van der Waals surface area contributed by atoms with E-state index >= 15 is 0 Å². The Hall–Kier alpha value is -0.570. The molecule has 3 heteroatoms. The molecule has 3 nitrogen and oxygen atoms in total. The second-order valence-electron chi connectivity index (χ2n) is 3.90. The van der Waals surface area contributed by atoms with Crippen molar-refractivity contribution in [3.05, 3.63) is 0 Å². The minimum atomic E-state index is -0.994. The van der Waals surface area contributed by atoms with Gasteiger partial charge in [-0.3, -0.25) is 0 Å². The molecule has 0 aliphatic carbocycles. The molecule has 0 bridgehead atoms. The number of methoxy groups -OCH3 is 1. The van der Waals surface area contributed by atoms with E-state index < -0.39 is 11.6 Å². The number of unbranched alkanes of at least 4 members (excludes halogenated alkanes) is 4. The van der Waals surface area contributed by atoms with Crippen molar-refractivity contribution in [3.8, 4) is 0 Å². The van der Waals surface area contributed by atoms with Crippen LogP contribution in [0, 0.1) is 0 Å². The quantitative estimate of drug-likeness (QED) is 0.616. The summed E-state index contributed by atoms with van der Waals surface area (Å²) in [5, 5.41) is 8.91. The molecule has 0 spiro atoms. The molecule has 0 rings (SSSR count). The van der Waals surface area contributed by atoms with E-state index in [0.717, 1.165) is 12.8 Å². The first-order chi connectivity index (χ1) is 6.56. The minimum absolute atomic E-state index is 0.600. The topological polar surface area (TPSA) is 46.5 Å². The smallest absolute Gasteiger partial charge is 0.335 e. The van der Waals surface area contributed by atoms with E-state index in [2.05, 4.69) is 6.92 Å². The van der Waals surface area contributed by atoms with Crippen LogP contribution < -0.4 is 0 Å². The Kier molecular flexibility index (Phi) is 6.54. The van der Waals surface area contributed by atoms with Gasteiger partial charge in [0.2, 0.25) is 0 Å². The second kappa shape index (κ2) is 6.82. The van der Waals surface area contributed by atoms with Crippen molar-refractivity contribution in [1.82, 2.24) is 0 Å². The molecule has 0 amide bonds. The van der Waals surface area contributed by atoms with Gasteiger partial charge in [0.05, 0.1) is 0 Å². The highest BCUT2D eigenvalue weighted by Crippen LogP contribution is 2.19. The van der Waals surface area contributed by atoms with E-state index in [1.54, 1.807) is 6.92 Å². The fourth-order valence-corrected chi connectivity index (χ4v) is 1.36. The highest BCUT2D eigenvalue weighted by atomic mass is 16.5. The number of ether oxygens (including phenoxy) is 1. The molecule has 1 atom stereocenters. The van der Waals surface area contributed by atoms with Crippen LogP contribution in [-0.4, -0.2) is 23.8 Å². The van der Waals surface area contributed by atoms with Crippen LogP contribution in [0.15, 0.2) is 0 Å². The maximum Gasteiger partial charge on any atom is 0.335 e. The molecule has 0 heterocycles. The van der Waals surface area contributed by atoms with Crippen LogP contribution in [0.2, 0.25) is 0 Å². The first-order valence-corrected chi connectivity index (χ1v) is 5.35. The number of aliphatic carboxylic acids is 1. The van der Waals surface area contributed by atoms with Gasteiger partial charge in [-0.2, -0.15) is 0 Å². The van der Waals surface area contributed by atoms with Gasteiger partial charge in [0, 0.05) is 7.11 Å². The van der Waals surface area contributed by atoms with Gasteiger partial charge in [-0.15, -0.1) is 0 Å². The van der Waals surface area contributed by atoms with Gasteiger partial charge in [-0.05, 0) is 19.8 Å². The van der Waals surface area contributed by atoms with E-state index in [1.165, 1.54) is 26.4 Å². The summed E-state index contributed by atoms with van der Waals surface area (Å²) in [5.74, 6) is -0.865. The van der Waals surface area contributed by atoms with E-state index in [9.17, 15) is 4.79 Å². The van der Waals surface area contributed by atoms with Gasteiger partial charge in [-0.1, -0.05) is 32.6 Å². The number of carbonyl (C=O) groups is 1. The zero-order valence-corrected chi connectivity index (χ0v) is 9.51. The Morgan fingerprint density at radius 1 is 1.29 bits per heavy atom. The maximum atomic E-state index is 10.8. The lowest BCUT2D eigenvalue weighted by Gasteiger charge is -2.22. The van der Waals surface area contributed by atoms with Crippen LogP contribution in [0.1, 0.15) is 52.4 Å². The molecule has 0 fully saturated rings. The Morgan fingerprint density at radius 3 is 2.29 bits per heavy atom. The first-order valence-electron chi connectivity index (χ1n) is 5.35. The standard InChI is InChI=1S/C11H22O3/c1-4-5-6-7-8-9-11(2,14-3)10(12)13/h4-9H2,1-3H3,(H,12,13). The Morgan fingerprint density at radius 2 is 1.86 bits per heavy atom. The highest BCUT2D eigenvalue weighted by molar-refractivity contribution is 5.76. The average molecular weight is 202 g/mol. The predicted octanol–water partition coefficient (Wildman–Crippen LogP) is 2.84. The van der Waals surface area contributed by atoms with E-state index in [1.807, 2.05) is 0 Å². The van der Waals surface area contributed by atoms with Crippen LogP contribution >= 0.6 is 0 Å². The second-order valence-corrected chi connectivity index (χ2v) is 3.90. The number of carboxylic acids is 1. The van der Waals surface area contributed by atoms with Crippen molar-refractivity contribution < 1.29 is 14.6 Å². The van der Waals surface area contributed by atoms with Crippen molar-refractivity contribution in [2.24, 2.45) is 0 Å². The third-order valence-corrected chi connectivity index (χ3v) is 2.66. The van der Waals surface area contributed by atoms with Gasteiger partial charge >= 0.3 is 5.97 Å². The molecule has 1 unspecified atom stereocenters. The molecule has 0 saturated carbocycles. The Balaban J connectivity index is 3.68. The molecular weight excluding hydrogens is 180 g/mol. The van der Waals surface area contributed by atoms with Gasteiger partial charge in [-0.25, -0.2) is 4.79 Å². The molecule has 0 aromatic carbocycles. The summed E-state index contributed by atoms with van der Waals surface area (Å²) in [4.78, 5) is 10.8. The number of hydrogen-bond donors (Lipinski definition) is 1. The Labute approximate surface area is 86.5 Å². The average Bonchev–Trinajstić information content (AvgIpc) is 2.17. The van der Waals surface area contributed by atoms with Crippen LogP contribution in [0.5, 0.6) is 0 Å². The van der Waals surface area contributed by atoms with Gasteiger partial charge in [0.1, 0.15) is 0 Å². The summed E-state index contributed by atoms with van der Waals surface area (Å²) in [6.45, 7) is 3.80. The lowest BCUT2D eigenvalue weighted by atomic mass is 9.98. The summed E-state index contributed by atoms with van der Waals surface area (Å²) < 4.78 is 5.01. The van der Waals surface area contributed by atoms with Crippen molar-refractivity contribution >= 4 is 5.97 Å². The monoisotopic (exact) mass is 202 g/mol. The van der Waals surface area contributed by atoms with E-state index in [0.29, 0.717) is 6.42 Å². The summed E-state index contributed by atoms with van der Waals surface area (Å²) >= 11 is 0. The van der Waals surface area contributed by atoms with E-state index in [-0.39, 0.29) is 0 Å². The highest BCUT2D eigenvalue weighted by Gasteiger charge is 2.31. The molecule has 14 heavy (non-hydrogen) atoms. The number of hydrogen-bond acceptors (Lipinski definition) is 2.